The molecule has 2 atom stereocenters. The van der Waals surface area contributed by atoms with Crippen molar-refractivity contribution in [2.24, 2.45) is 0 Å². The van der Waals surface area contributed by atoms with Crippen molar-refractivity contribution in [3.8, 4) is 5.75 Å². The third-order valence-corrected chi connectivity index (χ3v) is 8.57. The zero-order valence-corrected chi connectivity index (χ0v) is 16.3. The molecule has 2 aliphatic rings. The first-order valence-electron chi connectivity index (χ1n) is 9.64. The number of hydrogen-bond donors (Lipinski definition) is 1. The van der Waals surface area contributed by atoms with Crippen molar-refractivity contribution in [2.75, 3.05) is 6.54 Å². The quantitative estimate of drug-likeness (QED) is 0.661. The Morgan fingerprint density at radius 2 is 1.46 bits per heavy atom. The van der Waals surface area contributed by atoms with Crippen LogP contribution in [0.4, 0.5) is 0 Å². The van der Waals surface area contributed by atoms with E-state index < -0.39 is 13.1 Å². The van der Waals surface area contributed by atoms with Crippen LogP contribution in [-0.4, -0.2) is 22.4 Å². The number of phenols is 1. The van der Waals surface area contributed by atoms with Gasteiger partial charge in [0, 0.05) is 6.54 Å². The minimum Gasteiger partial charge on any atom is -0.507 e. The predicted molar refractivity (Wildman–Crippen MR) is 110 cm³/mol. The van der Waals surface area contributed by atoms with Gasteiger partial charge in [-0.05, 0) is 36.1 Å². The molecule has 28 heavy (non-hydrogen) atoms. The molecule has 0 saturated carbocycles. The summed E-state index contributed by atoms with van der Waals surface area (Å²) in [4.78, 5) is 0. The van der Waals surface area contributed by atoms with E-state index in [1.807, 2.05) is 65.3 Å². The molecule has 2 heterocycles. The van der Waals surface area contributed by atoms with Crippen LogP contribution in [0.15, 0.2) is 84.9 Å². The molecule has 0 amide bonds. The van der Waals surface area contributed by atoms with Crippen LogP contribution in [-0.2, 0) is 14.7 Å². The van der Waals surface area contributed by atoms with Gasteiger partial charge < -0.3 is 5.11 Å². The second-order valence-electron chi connectivity index (χ2n) is 7.39. The summed E-state index contributed by atoms with van der Waals surface area (Å²) < 4.78 is 23.0. The Hall–Kier alpha value is -2.39. The lowest BCUT2D eigenvalue weighted by atomic mass is 9.79. The van der Waals surface area contributed by atoms with E-state index in [-0.39, 0.29) is 11.8 Å². The second-order valence-corrected chi connectivity index (χ2v) is 9.61. The Balaban J connectivity index is 1.77. The van der Waals surface area contributed by atoms with Crippen molar-refractivity contribution in [3.63, 3.8) is 0 Å². The van der Waals surface area contributed by atoms with E-state index in [0.29, 0.717) is 11.8 Å². The molecule has 2 saturated heterocycles. The number of benzene rings is 3. The Labute approximate surface area is 164 Å². The number of phenolic OH excluding ortho intramolecular Hbond substituents is 1. The van der Waals surface area contributed by atoms with Crippen LogP contribution in [0.1, 0.15) is 24.0 Å². The monoisotopic (exact) mass is 391 g/mol. The highest BCUT2D eigenvalue weighted by atomic mass is 31.2. The number of para-hydroxylation sites is 1. The summed E-state index contributed by atoms with van der Waals surface area (Å²) in [5.74, 6) is 0.0217. The molecule has 3 aromatic rings. The smallest absolute Gasteiger partial charge is 0.307 e. The summed E-state index contributed by atoms with van der Waals surface area (Å²) in [6.45, 7) is 0.692. The fraction of sp³-hybridized carbons (Fsp3) is 0.217. The average Bonchev–Trinajstić information content (AvgIpc) is 3.33. The molecular formula is C23H22NO3P. The standard InChI is InChI=1S/C23H22NO3P/c25-20-14-7-8-15-21(20)28(26)24-17-9-16-22(24)23(27-28,18-10-3-1-4-11-18)19-12-5-2-6-13-19/h1-8,10-15,22,25H,9,16-17H2/t22-,28?/m0/s1. The Kier molecular flexibility index (Phi) is 4.17. The molecule has 4 nitrogen and oxygen atoms in total. The minimum atomic E-state index is -3.43. The Morgan fingerprint density at radius 1 is 0.893 bits per heavy atom. The number of fused-ring (bicyclic) bond motifs is 1. The van der Waals surface area contributed by atoms with Crippen LogP contribution in [0.3, 0.4) is 0 Å². The van der Waals surface area contributed by atoms with Crippen molar-refractivity contribution < 1.29 is 14.2 Å². The van der Waals surface area contributed by atoms with Gasteiger partial charge in [-0.3, -0.25) is 9.09 Å². The van der Waals surface area contributed by atoms with Crippen LogP contribution < -0.4 is 5.30 Å². The molecule has 1 unspecified atom stereocenters. The van der Waals surface area contributed by atoms with E-state index >= 15 is 0 Å². The van der Waals surface area contributed by atoms with Crippen LogP contribution in [0.25, 0.3) is 0 Å². The lowest BCUT2D eigenvalue weighted by Crippen LogP contribution is -2.40. The number of nitrogens with zero attached hydrogens (tertiary/aromatic N) is 1. The van der Waals surface area contributed by atoms with Crippen LogP contribution in [0.2, 0.25) is 0 Å². The highest BCUT2D eigenvalue weighted by Gasteiger charge is 2.63. The summed E-state index contributed by atoms with van der Waals surface area (Å²) in [6, 6.07) is 26.9. The first kappa shape index (κ1) is 17.7. The molecule has 0 bridgehead atoms. The molecule has 0 radical (unpaired) electrons. The molecule has 5 rings (SSSR count). The molecule has 2 aliphatic heterocycles. The predicted octanol–water partition coefficient (Wildman–Crippen LogP) is 4.65. The zero-order valence-electron chi connectivity index (χ0n) is 15.4. The van der Waals surface area contributed by atoms with Gasteiger partial charge in [-0.25, -0.2) is 4.67 Å². The minimum absolute atomic E-state index is 0.0217. The summed E-state index contributed by atoms with van der Waals surface area (Å²) in [5, 5.41) is 10.9. The average molecular weight is 391 g/mol. The van der Waals surface area contributed by atoms with Gasteiger partial charge in [0.2, 0.25) is 0 Å². The highest BCUT2D eigenvalue weighted by Crippen LogP contribution is 2.69. The molecule has 142 valence electrons. The van der Waals surface area contributed by atoms with Crippen LogP contribution in [0.5, 0.6) is 5.75 Å². The Morgan fingerprint density at radius 3 is 2.07 bits per heavy atom. The van der Waals surface area contributed by atoms with Crippen LogP contribution >= 0.6 is 7.52 Å². The first-order chi connectivity index (χ1) is 13.7. The van der Waals surface area contributed by atoms with E-state index in [1.165, 1.54) is 0 Å². The molecule has 1 N–H and O–H groups in total. The van der Waals surface area contributed by atoms with Crippen molar-refractivity contribution in [2.45, 2.75) is 24.5 Å². The first-order valence-corrected chi connectivity index (χ1v) is 11.2. The summed E-state index contributed by atoms with van der Waals surface area (Å²) >= 11 is 0. The number of rotatable bonds is 3. The van der Waals surface area contributed by atoms with E-state index in [2.05, 4.69) is 0 Å². The lowest BCUT2D eigenvalue weighted by Gasteiger charge is -2.34. The maximum absolute atomic E-state index is 14.4. The summed E-state index contributed by atoms with van der Waals surface area (Å²) in [7, 11) is -3.43. The highest BCUT2D eigenvalue weighted by molar-refractivity contribution is 7.65. The molecule has 0 spiro atoms. The zero-order chi connectivity index (χ0) is 19.2. The van der Waals surface area contributed by atoms with Gasteiger partial charge in [-0.2, -0.15) is 0 Å². The maximum atomic E-state index is 14.4. The van der Waals surface area contributed by atoms with Gasteiger partial charge in [-0.15, -0.1) is 0 Å². The van der Waals surface area contributed by atoms with Gasteiger partial charge in [0.1, 0.15) is 11.4 Å². The van der Waals surface area contributed by atoms with E-state index in [0.717, 1.165) is 24.0 Å². The van der Waals surface area contributed by atoms with Crippen molar-refractivity contribution in [3.05, 3.63) is 96.1 Å². The third-order valence-electron chi connectivity index (χ3n) is 5.89. The molecule has 0 aromatic heterocycles. The van der Waals surface area contributed by atoms with Gasteiger partial charge in [0.05, 0.1) is 11.3 Å². The molecule has 5 heteroatoms. The second kappa shape index (κ2) is 6.59. The topological polar surface area (TPSA) is 49.8 Å². The SMILES string of the molecule is O=P1(c2ccccc2O)OC(c2ccccc2)(c2ccccc2)[C@@H]2CCCN21. The van der Waals surface area contributed by atoms with Crippen molar-refractivity contribution >= 4 is 12.8 Å². The summed E-state index contributed by atoms with van der Waals surface area (Å²) in [6.07, 6.45) is 1.84. The van der Waals surface area contributed by atoms with Crippen molar-refractivity contribution in [1.29, 1.82) is 0 Å². The summed E-state index contributed by atoms with van der Waals surface area (Å²) in [5.41, 5.74) is 1.15. The fourth-order valence-electron chi connectivity index (χ4n) is 4.71. The van der Waals surface area contributed by atoms with Crippen molar-refractivity contribution in [1.82, 2.24) is 4.67 Å². The van der Waals surface area contributed by atoms with Gasteiger partial charge in [0.15, 0.2) is 0 Å². The fourth-order valence-corrected chi connectivity index (χ4v) is 7.60. The van der Waals surface area contributed by atoms with Gasteiger partial charge >= 0.3 is 7.52 Å². The number of hydrogen-bond acceptors (Lipinski definition) is 3. The third kappa shape index (κ3) is 2.42. The molecule has 3 aromatic carbocycles. The molecular weight excluding hydrogens is 369 g/mol. The van der Waals surface area contributed by atoms with E-state index in [9.17, 15) is 9.67 Å². The molecule has 2 fully saturated rings. The number of aromatic hydroxyl groups is 1. The van der Waals surface area contributed by atoms with Crippen LogP contribution in [0, 0.1) is 0 Å². The largest absolute Gasteiger partial charge is 0.507 e. The maximum Gasteiger partial charge on any atom is 0.307 e. The lowest BCUT2D eigenvalue weighted by molar-refractivity contribution is 0.109. The van der Waals surface area contributed by atoms with Gasteiger partial charge in [-0.1, -0.05) is 72.8 Å². The Bertz CT molecular complexity index is 998. The van der Waals surface area contributed by atoms with E-state index in [1.54, 1.807) is 24.3 Å². The normalized spacial score (nSPS) is 26.2. The van der Waals surface area contributed by atoms with Gasteiger partial charge in [0.25, 0.3) is 0 Å². The van der Waals surface area contributed by atoms with E-state index in [4.69, 9.17) is 4.52 Å². The molecule has 0 aliphatic carbocycles.